The Balaban J connectivity index is 0.000000127. The van der Waals surface area contributed by atoms with E-state index in [1.807, 2.05) is 34.9 Å². The third-order valence-electron chi connectivity index (χ3n) is 25.3. The molecule has 4 aliphatic heterocycles. The Hall–Kier alpha value is -13.7. The highest BCUT2D eigenvalue weighted by molar-refractivity contribution is 8.00. The average Bonchev–Trinajstić information content (AvgIpc) is 1.37. The summed E-state index contributed by atoms with van der Waals surface area (Å²) in [5.74, 6) is 0.928. The van der Waals surface area contributed by atoms with Crippen LogP contribution in [-0.2, 0) is 10.8 Å². The first-order chi connectivity index (χ1) is 56.6. The molecule has 0 aliphatic carbocycles. The molecule has 9 heteroatoms. The number of aromatic nitrogens is 6. The van der Waals surface area contributed by atoms with Crippen molar-refractivity contribution in [1.82, 2.24) is 27.8 Å². The molecule has 17 aromatic carbocycles. The van der Waals surface area contributed by atoms with E-state index in [0.717, 1.165) is 33.8 Å². The molecular weight excluding hydrogens is 1440 g/mol. The van der Waals surface area contributed by atoms with E-state index < -0.39 is 10.8 Å². The number of para-hydroxylation sites is 11. The Morgan fingerprint density at radius 2 is 0.649 bits per heavy atom. The van der Waals surface area contributed by atoms with Crippen molar-refractivity contribution < 1.29 is 0 Å². The number of hydrogen-bond acceptors (Lipinski definition) is 4. The molecule has 27 rings (SSSR count). The Labute approximate surface area is 666 Å². The van der Waals surface area contributed by atoms with E-state index in [2.05, 4.69) is 399 Å². The number of benzene rings is 17. The van der Waals surface area contributed by atoms with E-state index in [1.165, 1.54) is 189 Å². The van der Waals surface area contributed by atoms with Crippen LogP contribution in [0.2, 0.25) is 0 Å². The zero-order valence-corrected chi connectivity index (χ0v) is 63.7. The number of thiophene rings is 1. The maximum absolute atomic E-state index is 5.17. The summed E-state index contributed by atoms with van der Waals surface area (Å²) in [6, 6.07) is 140. The minimum absolute atomic E-state index is 0.510. The molecule has 2 atom stereocenters. The van der Waals surface area contributed by atoms with Crippen LogP contribution in [0.25, 0.3) is 158 Å². The summed E-state index contributed by atoms with van der Waals surface area (Å²) < 4.78 is 14.9. The zero-order chi connectivity index (χ0) is 74.2. The topological polar surface area (TPSA) is 37.5 Å². The Morgan fingerprint density at radius 3 is 1.22 bits per heavy atom. The van der Waals surface area contributed by atoms with Gasteiger partial charge in [0.1, 0.15) is 5.82 Å². The quantitative estimate of drug-likeness (QED) is 0.176. The molecule has 2 spiro atoms. The molecule has 0 N–H and O–H groups in total. The van der Waals surface area contributed by atoms with Gasteiger partial charge in [-0.1, -0.05) is 266 Å². The van der Waals surface area contributed by atoms with Crippen LogP contribution in [0.1, 0.15) is 44.5 Å². The highest BCUT2D eigenvalue weighted by atomic mass is 32.2. The summed E-state index contributed by atoms with van der Waals surface area (Å²) >= 11 is 5.74. The van der Waals surface area contributed by atoms with Gasteiger partial charge in [-0.15, -0.1) is 11.3 Å². The normalized spacial score (nSPS) is 15.5. The average molecular weight is 1500 g/mol. The highest BCUT2D eigenvalue weighted by Crippen LogP contribution is 2.65. The fourth-order valence-corrected chi connectivity index (χ4v) is 24.7. The molecule has 530 valence electrons. The SMILES string of the molecule is c1ccc(-n2c(-c3ccc(-n4c5ccccc5c5c6c(ccc54)C4(c5ccccc5S6)c5ccccc5-n5c6ccccc6c6cccc4c65)cc3)nc3ccccc32)cc1.c1ccc2c(c1)Sc1c(ccc3c1c1ccccc1n3-c1ccc3sc4ccccc4c3c1)C21c2ccccc2-n2c3ccccc3c3cccc1c32. The second-order valence-electron chi connectivity index (χ2n) is 30.6. The van der Waals surface area contributed by atoms with Gasteiger partial charge < -0.3 is 18.3 Å². The first kappa shape index (κ1) is 63.0. The molecule has 0 saturated heterocycles. The van der Waals surface area contributed by atoms with Crippen LogP contribution in [0.5, 0.6) is 0 Å². The van der Waals surface area contributed by atoms with Crippen molar-refractivity contribution >= 4 is 153 Å². The number of rotatable bonds is 4. The molecule has 0 bridgehead atoms. The van der Waals surface area contributed by atoms with E-state index in [1.54, 1.807) is 0 Å². The van der Waals surface area contributed by atoms with Gasteiger partial charge in [-0.3, -0.25) is 4.57 Å². The van der Waals surface area contributed by atoms with Crippen LogP contribution in [-0.4, -0.2) is 27.8 Å². The summed E-state index contributed by atoms with van der Waals surface area (Å²) in [4.78, 5) is 10.4. The Morgan fingerprint density at radius 1 is 0.237 bits per heavy atom. The Kier molecular flexibility index (Phi) is 13.0. The highest BCUT2D eigenvalue weighted by Gasteiger charge is 2.52. The molecule has 2 unspecified atom stereocenters. The summed E-state index contributed by atoms with van der Waals surface area (Å²) in [6.45, 7) is 0. The Bertz CT molecular complexity index is 8150. The van der Waals surface area contributed by atoms with Crippen molar-refractivity contribution in [2.45, 2.75) is 30.4 Å². The molecule has 0 fully saturated rings. The lowest BCUT2D eigenvalue weighted by Crippen LogP contribution is -2.37. The van der Waals surface area contributed by atoms with E-state index in [9.17, 15) is 0 Å². The third-order valence-corrected chi connectivity index (χ3v) is 28.8. The standard InChI is InChI=1S/C56H34N4S.C49H28N2S2/c1-2-15-36(16-3-1)59-49-27-12-8-23-45(49)57-55(59)35-29-31-37(32-30-35)58-47-25-10-5-18-40(47)52-50(58)34-33-44-54(52)61-51-28-13-7-21-42(51)56(44)41-20-6-11-26-48(41)60-46-24-9-4-17-38(46)39-19-14-22-43(56)53(39)60;1-6-19-39-30(12-1)32-15-11-18-37-47(32)51(39)41-21-8-4-16-35(41)49(37)36-17-5-10-23-45(36)53-48-38(49)25-26-42-46(48)33-14-2-7-20-40(33)50(42)29-24-27-44-34(28-29)31-13-3-9-22-43(31)52-44/h1-34H;1-28H. The maximum atomic E-state index is 5.17. The van der Waals surface area contributed by atoms with Gasteiger partial charge in [0, 0.05) is 105 Å². The minimum Gasteiger partial charge on any atom is -0.309 e. The largest absolute Gasteiger partial charge is 0.309 e. The van der Waals surface area contributed by atoms with E-state index in [0.29, 0.717) is 0 Å². The van der Waals surface area contributed by atoms with Crippen LogP contribution < -0.4 is 0 Å². The van der Waals surface area contributed by atoms with Crippen LogP contribution >= 0.6 is 34.9 Å². The van der Waals surface area contributed by atoms with Gasteiger partial charge in [0.05, 0.1) is 77.4 Å². The number of nitrogens with zero attached hydrogens (tertiary/aromatic N) is 6. The van der Waals surface area contributed by atoms with Crippen molar-refractivity contribution in [3.63, 3.8) is 0 Å². The first-order valence-corrected chi connectivity index (χ1v) is 41.5. The van der Waals surface area contributed by atoms with Gasteiger partial charge in [0.2, 0.25) is 0 Å². The minimum atomic E-state index is -0.541. The molecule has 10 heterocycles. The second-order valence-corrected chi connectivity index (χ2v) is 33.8. The summed E-state index contributed by atoms with van der Waals surface area (Å²) in [7, 11) is 0. The lowest BCUT2D eigenvalue weighted by Gasteiger charge is -2.45. The fourth-order valence-electron chi connectivity index (χ4n) is 20.9. The monoisotopic (exact) mass is 1500 g/mol. The summed E-state index contributed by atoms with van der Waals surface area (Å²) in [5, 5.41) is 13.0. The van der Waals surface area contributed by atoms with Crippen molar-refractivity contribution in [3.05, 3.63) is 421 Å². The van der Waals surface area contributed by atoms with Crippen LogP contribution in [0, 0.1) is 0 Å². The van der Waals surface area contributed by atoms with Gasteiger partial charge in [0.25, 0.3) is 0 Å². The molecule has 4 aliphatic rings. The van der Waals surface area contributed by atoms with Gasteiger partial charge in [-0.25, -0.2) is 4.98 Å². The first-order valence-electron chi connectivity index (χ1n) is 39.1. The maximum Gasteiger partial charge on any atom is 0.145 e. The van der Waals surface area contributed by atoms with E-state index in [4.69, 9.17) is 4.98 Å². The fraction of sp³-hybridized carbons (Fsp3) is 0.0190. The molecule has 6 nitrogen and oxygen atoms in total. The zero-order valence-electron chi connectivity index (χ0n) is 61.2. The number of hydrogen-bond donors (Lipinski definition) is 0. The lowest BCUT2D eigenvalue weighted by atomic mass is 9.62. The molecule has 0 saturated carbocycles. The van der Waals surface area contributed by atoms with Gasteiger partial charge in [0.15, 0.2) is 0 Å². The predicted molar refractivity (Wildman–Crippen MR) is 475 cm³/mol. The van der Waals surface area contributed by atoms with Crippen molar-refractivity contribution in [3.8, 4) is 39.8 Å². The van der Waals surface area contributed by atoms with Crippen molar-refractivity contribution in [1.29, 1.82) is 0 Å². The predicted octanol–water partition coefficient (Wildman–Crippen LogP) is 27.5. The van der Waals surface area contributed by atoms with Crippen LogP contribution in [0.3, 0.4) is 0 Å². The lowest BCUT2D eigenvalue weighted by molar-refractivity contribution is 0.692. The molecular formula is C105H62N6S3. The van der Waals surface area contributed by atoms with Crippen LogP contribution in [0.4, 0.5) is 0 Å². The van der Waals surface area contributed by atoms with E-state index in [-0.39, 0.29) is 0 Å². The smallest absolute Gasteiger partial charge is 0.145 e. The number of fused-ring (bicyclic) bond motifs is 34. The number of imidazole rings is 1. The molecule has 6 aromatic heterocycles. The van der Waals surface area contributed by atoms with Crippen molar-refractivity contribution in [2.75, 3.05) is 0 Å². The molecule has 0 amide bonds. The molecule has 23 aromatic rings. The van der Waals surface area contributed by atoms with Crippen molar-refractivity contribution in [2.24, 2.45) is 0 Å². The van der Waals surface area contributed by atoms with Gasteiger partial charge in [-0.05, 0) is 178 Å². The second kappa shape index (κ2) is 23.5. The van der Waals surface area contributed by atoms with Gasteiger partial charge in [-0.2, -0.15) is 0 Å². The summed E-state index contributed by atoms with van der Waals surface area (Å²) in [5.41, 5.74) is 28.6. The van der Waals surface area contributed by atoms with Crippen LogP contribution in [0.15, 0.2) is 396 Å². The molecule has 114 heavy (non-hydrogen) atoms. The molecule has 0 radical (unpaired) electrons. The van der Waals surface area contributed by atoms with Gasteiger partial charge >= 0.3 is 0 Å². The summed E-state index contributed by atoms with van der Waals surface area (Å²) in [6.07, 6.45) is 0. The van der Waals surface area contributed by atoms with E-state index >= 15 is 0 Å². The third kappa shape index (κ3) is 8.19.